The normalized spacial score (nSPS) is 10.5. The van der Waals surface area contributed by atoms with Gasteiger partial charge in [0.1, 0.15) is 6.61 Å². The van der Waals surface area contributed by atoms with Crippen molar-refractivity contribution >= 4 is 24.1 Å². The first-order valence-corrected chi connectivity index (χ1v) is 7.33. The number of pyridine rings is 1. The summed E-state index contributed by atoms with van der Waals surface area (Å²) < 4.78 is 10.2. The number of rotatable bonds is 6. The van der Waals surface area contributed by atoms with E-state index in [0.29, 0.717) is 22.8 Å². The fourth-order valence-corrected chi connectivity index (χ4v) is 1.86. The van der Waals surface area contributed by atoms with Crippen molar-refractivity contribution in [2.45, 2.75) is 27.4 Å². The zero-order chi connectivity index (χ0) is 18.2. The molecule has 0 aliphatic heterocycles. The first-order valence-electron chi connectivity index (χ1n) is 7.33. The van der Waals surface area contributed by atoms with E-state index in [4.69, 9.17) is 9.47 Å². The number of anilines is 1. The molecule has 0 atom stereocenters. The van der Waals surface area contributed by atoms with E-state index in [2.05, 4.69) is 25.5 Å². The summed E-state index contributed by atoms with van der Waals surface area (Å²) in [5, 5.41) is 4.05. The zero-order valence-electron chi connectivity index (χ0n) is 14.0. The lowest BCUT2D eigenvalue weighted by atomic mass is 10.1. The van der Waals surface area contributed by atoms with Gasteiger partial charge in [-0.3, -0.25) is 14.6 Å². The number of aromatic nitrogens is 3. The summed E-state index contributed by atoms with van der Waals surface area (Å²) in [6, 6.07) is 1.68. The molecule has 2 heterocycles. The molecule has 0 saturated carbocycles. The van der Waals surface area contributed by atoms with Crippen LogP contribution in [0.25, 0.3) is 0 Å². The van der Waals surface area contributed by atoms with E-state index >= 15 is 0 Å². The van der Waals surface area contributed by atoms with Crippen molar-refractivity contribution in [3.05, 3.63) is 41.5 Å². The fraction of sp³-hybridized carbons (Fsp3) is 0.250. The number of aryl methyl sites for hydroxylation is 1. The highest BCUT2D eigenvalue weighted by atomic mass is 16.5. The zero-order valence-corrected chi connectivity index (χ0v) is 14.0. The third-order valence-electron chi connectivity index (χ3n) is 2.93. The van der Waals surface area contributed by atoms with Crippen LogP contribution in [0.3, 0.4) is 0 Å². The molecule has 0 spiro atoms. The minimum Gasteiger partial charge on any atom is -0.461 e. The van der Waals surface area contributed by atoms with Crippen LogP contribution >= 0.6 is 0 Å². The number of carbonyl (C=O) groups is 2. The van der Waals surface area contributed by atoms with Gasteiger partial charge in [-0.2, -0.15) is 5.10 Å². The second-order valence-electron chi connectivity index (χ2n) is 4.93. The van der Waals surface area contributed by atoms with Crippen LogP contribution in [0.2, 0.25) is 0 Å². The number of nitrogens with zero attached hydrogens (tertiary/aromatic N) is 4. The van der Waals surface area contributed by atoms with Gasteiger partial charge in [0.25, 0.3) is 0 Å². The van der Waals surface area contributed by atoms with Gasteiger partial charge in [-0.1, -0.05) is 0 Å². The number of hydrazone groups is 1. The van der Waals surface area contributed by atoms with Gasteiger partial charge in [0.2, 0.25) is 5.95 Å². The number of carbonyl (C=O) groups excluding carboxylic acids is 2. The summed E-state index contributed by atoms with van der Waals surface area (Å²) in [7, 11) is 0. The van der Waals surface area contributed by atoms with Crippen LogP contribution in [0.4, 0.5) is 5.95 Å². The van der Waals surface area contributed by atoms with Gasteiger partial charge in [0.15, 0.2) is 5.75 Å². The number of ether oxygens (including phenoxy) is 2. The molecule has 0 amide bonds. The van der Waals surface area contributed by atoms with Gasteiger partial charge in [-0.25, -0.2) is 15.4 Å². The van der Waals surface area contributed by atoms with Crippen LogP contribution in [0, 0.1) is 6.92 Å². The molecule has 9 nitrogen and oxygen atoms in total. The number of nitrogens with one attached hydrogen (secondary N) is 1. The van der Waals surface area contributed by atoms with E-state index < -0.39 is 11.9 Å². The molecule has 0 radical (unpaired) electrons. The van der Waals surface area contributed by atoms with E-state index in [1.807, 2.05) is 0 Å². The summed E-state index contributed by atoms with van der Waals surface area (Å²) in [6.07, 6.45) is 6.10. The molecule has 0 bridgehead atoms. The molecule has 0 aliphatic rings. The van der Waals surface area contributed by atoms with E-state index in [1.165, 1.54) is 26.3 Å². The Balaban J connectivity index is 2.33. The fourth-order valence-electron chi connectivity index (χ4n) is 1.86. The van der Waals surface area contributed by atoms with Crippen molar-refractivity contribution < 1.29 is 19.1 Å². The highest BCUT2D eigenvalue weighted by molar-refractivity contribution is 5.88. The Kier molecular flexibility index (Phi) is 6.10. The summed E-state index contributed by atoms with van der Waals surface area (Å²) in [5.74, 6) is -0.381. The summed E-state index contributed by atoms with van der Waals surface area (Å²) >= 11 is 0. The molecule has 0 fully saturated rings. The molecule has 0 aromatic carbocycles. The minimum absolute atomic E-state index is 0.0277. The number of esters is 2. The maximum absolute atomic E-state index is 11.4. The van der Waals surface area contributed by atoms with Crippen LogP contribution in [0.15, 0.2) is 29.8 Å². The molecule has 0 aliphatic carbocycles. The summed E-state index contributed by atoms with van der Waals surface area (Å²) in [4.78, 5) is 34.6. The Hall–Kier alpha value is -3.36. The van der Waals surface area contributed by atoms with Crippen molar-refractivity contribution in [3.63, 3.8) is 0 Å². The standard InChI is InChI=1S/C16H17N5O4/c1-10-15(25-12(3)23)14(13(7-19-10)9-24-11(2)22)8-20-21-16-17-5-4-6-18-16/h4-8H,9H2,1-3H3,(H,17,18,21)/b20-8+. The maximum Gasteiger partial charge on any atom is 0.308 e. The topological polar surface area (TPSA) is 116 Å². The highest BCUT2D eigenvalue weighted by Gasteiger charge is 2.15. The van der Waals surface area contributed by atoms with E-state index in [-0.39, 0.29) is 12.4 Å². The maximum atomic E-state index is 11.4. The number of hydrogen-bond donors (Lipinski definition) is 1. The molecular formula is C16H17N5O4. The first-order chi connectivity index (χ1) is 12.0. The smallest absolute Gasteiger partial charge is 0.308 e. The molecule has 2 aromatic rings. The number of hydrogen-bond acceptors (Lipinski definition) is 9. The predicted molar refractivity (Wildman–Crippen MR) is 89.0 cm³/mol. The SMILES string of the molecule is CC(=O)OCc1cnc(C)c(OC(C)=O)c1/C=N/Nc1ncccn1. The first kappa shape index (κ1) is 18.0. The third-order valence-corrected chi connectivity index (χ3v) is 2.93. The third kappa shape index (κ3) is 5.34. The van der Waals surface area contributed by atoms with E-state index in [1.54, 1.807) is 25.4 Å². The lowest BCUT2D eigenvalue weighted by molar-refractivity contribution is -0.142. The molecule has 25 heavy (non-hydrogen) atoms. The Morgan fingerprint density at radius 1 is 1.20 bits per heavy atom. The average Bonchev–Trinajstić information content (AvgIpc) is 2.57. The van der Waals surface area contributed by atoms with Gasteiger partial charge < -0.3 is 9.47 Å². The molecule has 0 saturated heterocycles. The van der Waals surface area contributed by atoms with Gasteiger partial charge in [-0.05, 0) is 13.0 Å². The lowest BCUT2D eigenvalue weighted by Gasteiger charge is -2.13. The van der Waals surface area contributed by atoms with Crippen LogP contribution in [-0.2, 0) is 20.9 Å². The average molecular weight is 343 g/mol. The Labute approximate surface area is 144 Å². The van der Waals surface area contributed by atoms with Crippen molar-refractivity contribution in [1.82, 2.24) is 15.0 Å². The quantitative estimate of drug-likeness (QED) is 0.478. The molecule has 2 rings (SSSR count). The largest absolute Gasteiger partial charge is 0.461 e. The molecular weight excluding hydrogens is 326 g/mol. The Bertz CT molecular complexity index is 793. The molecule has 2 aromatic heterocycles. The van der Waals surface area contributed by atoms with Gasteiger partial charge >= 0.3 is 11.9 Å². The molecule has 0 unspecified atom stereocenters. The Morgan fingerprint density at radius 3 is 2.56 bits per heavy atom. The highest BCUT2D eigenvalue weighted by Crippen LogP contribution is 2.24. The second-order valence-corrected chi connectivity index (χ2v) is 4.93. The van der Waals surface area contributed by atoms with Crippen LogP contribution in [0.1, 0.15) is 30.7 Å². The summed E-state index contributed by atoms with van der Waals surface area (Å²) in [6.45, 7) is 4.25. The summed E-state index contributed by atoms with van der Waals surface area (Å²) in [5.41, 5.74) is 4.17. The van der Waals surface area contributed by atoms with Gasteiger partial charge in [0, 0.05) is 43.6 Å². The van der Waals surface area contributed by atoms with Gasteiger partial charge in [0.05, 0.1) is 11.9 Å². The van der Waals surface area contributed by atoms with Crippen molar-refractivity contribution in [3.8, 4) is 5.75 Å². The van der Waals surface area contributed by atoms with Crippen LogP contribution in [-0.4, -0.2) is 33.1 Å². The van der Waals surface area contributed by atoms with Crippen LogP contribution < -0.4 is 10.2 Å². The van der Waals surface area contributed by atoms with Gasteiger partial charge in [-0.15, -0.1) is 0 Å². The second kappa shape index (κ2) is 8.48. The minimum atomic E-state index is -0.497. The lowest BCUT2D eigenvalue weighted by Crippen LogP contribution is -2.11. The van der Waals surface area contributed by atoms with Crippen molar-refractivity contribution in [2.75, 3.05) is 5.43 Å². The van der Waals surface area contributed by atoms with Crippen molar-refractivity contribution in [2.24, 2.45) is 5.10 Å². The Morgan fingerprint density at radius 2 is 1.92 bits per heavy atom. The monoisotopic (exact) mass is 343 g/mol. The van der Waals surface area contributed by atoms with Crippen molar-refractivity contribution in [1.29, 1.82) is 0 Å². The van der Waals surface area contributed by atoms with E-state index in [0.717, 1.165) is 0 Å². The van der Waals surface area contributed by atoms with E-state index in [9.17, 15) is 9.59 Å². The predicted octanol–water partition coefficient (Wildman–Crippen LogP) is 1.61. The molecule has 130 valence electrons. The molecule has 9 heteroatoms. The van der Waals surface area contributed by atoms with Crippen LogP contribution in [0.5, 0.6) is 5.75 Å². The molecule has 1 N–H and O–H groups in total.